The van der Waals surface area contributed by atoms with Gasteiger partial charge in [0.05, 0.1) is 24.7 Å². The lowest BCUT2D eigenvalue weighted by Gasteiger charge is -2.41. The molecule has 2 saturated heterocycles. The average Bonchev–Trinajstić information content (AvgIpc) is 3.36. The monoisotopic (exact) mass is 519 g/mol. The Kier molecular flexibility index (Phi) is 8.68. The molecule has 0 bridgehead atoms. The Morgan fingerprint density at radius 2 is 2.05 bits per heavy atom. The molecule has 2 aromatic rings. The van der Waals surface area contributed by atoms with Gasteiger partial charge in [-0.25, -0.2) is 0 Å². The highest BCUT2D eigenvalue weighted by Gasteiger charge is 2.32. The number of esters is 1. The Labute approximate surface area is 224 Å². The molecule has 202 valence electrons. The van der Waals surface area contributed by atoms with E-state index in [1.807, 2.05) is 30.3 Å². The predicted octanol–water partition coefficient (Wildman–Crippen LogP) is 1.74. The maximum absolute atomic E-state index is 12.6. The molecule has 0 spiro atoms. The van der Waals surface area contributed by atoms with Crippen LogP contribution in [0, 0.1) is 11.3 Å². The molecule has 0 aliphatic carbocycles. The van der Waals surface area contributed by atoms with E-state index in [-0.39, 0.29) is 25.2 Å². The first kappa shape index (κ1) is 26.4. The van der Waals surface area contributed by atoms with Crippen LogP contribution in [-0.2, 0) is 29.1 Å². The molecule has 0 saturated carbocycles. The van der Waals surface area contributed by atoms with Gasteiger partial charge in [0.1, 0.15) is 19.0 Å². The van der Waals surface area contributed by atoms with Gasteiger partial charge in [-0.15, -0.1) is 0 Å². The molecular weight excluding hydrogens is 482 g/mol. The van der Waals surface area contributed by atoms with Crippen LogP contribution in [0.1, 0.15) is 36.1 Å². The first-order valence-corrected chi connectivity index (χ1v) is 13.6. The number of likely N-dealkylation sites (N-methyl/N-ethyl adjacent to an activating group) is 1. The van der Waals surface area contributed by atoms with Gasteiger partial charge >= 0.3 is 12.0 Å². The number of nitrogens with one attached hydrogen (secondary N) is 1. The first-order valence-electron chi connectivity index (χ1n) is 13.6. The summed E-state index contributed by atoms with van der Waals surface area (Å²) in [5.41, 5.74) is 3.10. The molecule has 0 amide bonds. The lowest BCUT2D eigenvalue weighted by atomic mass is 10.0. The molecule has 0 unspecified atom stereocenters. The lowest BCUT2D eigenvalue weighted by Crippen LogP contribution is -2.55. The van der Waals surface area contributed by atoms with Gasteiger partial charge in [0, 0.05) is 43.8 Å². The fraction of sp³-hybridized carbons (Fsp3) is 0.571. The number of rotatable bonds is 9. The molecule has 3 aliphatic rings. The van der Waals surface area contributed by atoms with Crippen molar-refractivity contribution in [2.24, 2.45) is 0 Å². The fourth-order valence-corrected chi connectivity index (χ4v) is 5.55. The second kappa shape index (κ2) is 12.5. The number of anilines is 1. The van der Waals surface area contributed by atoms with Crippen LogP contribution in [0.4, 0.5) is 5.82 Å². The number of carbonyl (C=O) groups is 1. The number of hydrogen-bond donors (Lipinski definition) is 1. The Morgan fingerprint density at radius 3 is 2.84 bits per heavy atom. The third-order valence-corrected chi connectivity index (χ3v) is 7.78. The lowest BCUT2D eigenvalue weighted by molar-refractivity contribution is -0.147. The number of piperazine rings is 1. The van der Waals surface area contributed by atoms with Crippen molar-refractivity contribution in [2.45, 2.75) is 50.9 Å². The molecule has 10 heteroatoms. The van der Waals surface area contributed by atoms with Gasteiger partial charge in [-0.1, -0.05) is 30.3 Å². The van der Waals surface area contributed by atoms with E-state index in [1.165, 1.54) is 6.42 Å². The van der Waals surface area contributed by atoms with E-state index in [2.05, 4.69) is 33.1 Å². The maximum atomic E-state index is 12.6. The fourth-order valence-electron chi connectivity index (χ4n) is 5.55. The van der Waals surface area contributed by atoms with Crippen molar-refractivity contribution in [3.8, 4) is 12.1 Å². The van der Waals surface area contributed by atoms with E-state index >= 15 is 0 Å². The van der Waals surface area contributed by atoms with Crippen LogP contribution < -0.4 is 15.0 Å². The Hall–Kier alpha value is -3.26. The number of carbonyl (C=O) groups excluding carboxylic acids is 1. The van der Waals surface area contributed by atoms with Crippen molar-refractivity contribution >= 4 is 11.8 Å². The van der Waals surface area contributed by atoms with E-state index in [4.69, 9.17) is 19.4 Å². The highest BCUT2D eigenvalue weighted by molar-refractivity contribution is 5.71. The van der Waals surface area contributed by atoms with E-state index in [0.29, 0.717) is 51.3 Å². The molecule has 4 heterocycles. The largest absolute Gasteiger partial charge is 0.462 e. The molecule has 1 aromatic carbocycles. The van der Waals surface area contributed by atoms with Crippen molar-refractivity contribution in [1.82, 2.24) is 25.1 Å². The molecule has 1 N–H and O–H groups in total. The quantitative estimate of drug-likeness (QED) is 0.493. The minimum atomic E-state index is -0.275. The maximum Gasteiger partial charge on any atom is 0.320 e. The van der Waals surface area contributed by atoms with Gasteiger partial charge in [0.15, 0.2) is 0 Å². The number of nitriles is 1. The zero-order valence-corrected chi connectivity index (χ0v) is 22.1. The summed E-state index contributed by atoms with van der Waals surface area (Å²) in [6.45, 7) is 5.64. The van der Waals surface area contributed by atoms with Crippen LogP contribution in [-0.4, -0.2) is 90.7 Å². The summed E-state index contributed by atoms with van der Waals surface area (Å²) in [5.74, 6) is 0.629. The smallest absolute Gasteiger partial charge is 0.320 e. The summed E-state index contributed by atoms with van der Waals surface area (Å²) in [6.07, 6.45) is 3.50. The van der Waals surface area contributed by atoms with Crippen molar-refractivity contribution in [2.75, 3.05) is 57.8 Å². The third kappa shape index (κ3) is 6.41. The first-order chi connectivity index (χ1) is 18.6. The van der Waals surface area contributed by atoms with Crippen molar-refractivity contribution < 1.29 is 14.3 Å². The number of hydrogen-bond acceptors (Lipinski definition) is 10. The number of aromatic nitrogens is 2. The molecule has 38 heavy (non-hydrogen) atoms. The topological polar surface area (TPSA) is 107 Å². The predicted molar refractivity (Wildman–Crippen MR) is 143 cm³/mol. The van der Waals surface area contributed by atoms with E-state index < -0.39 is 0 Å². The summed E-state index contributed by atoms with van der Waals surface area (Å²) < 4.78 is 11.6. The highest BCUT2D eigenvalue weighted by atomic mass is 16.5. The minimum absolute atomic E-state index is 0.0955. The standard InChI is InChI=1S/C28H37N7O3/c1-33-13-5-8-23(33)20-38-28-31-25-16-30-12-10-24(25)27(32-28)35-15-14-34(22(17-35)9-11-29)18-26(36)37-19-21-6-3-2-4-7-21/h2-4,6-7,22-23,30H,5,8-10,12-20H2,1H3/t22-,23-/m0/s1. The van der Waals surface area contributed by atoms with E-state index in [9.17, 15) is 10.1 Å². The van der Waals surface area contributed by atoms with E-state index in [1.54, 1.807) is 0 Å². The van der Waals surface area contributed by atoms with Gasteiger partial charge in [-0.05, 0) is 45.0 Å². The zero-order chi connectivity index (χ0) is 26.3. The zero-order valence-electron chi connectivity index (χ0n) is 22.1. The minimum Gasteiger partial charge on any atom is -0.462 e. The molecule has 3 aliphatic heterocycles. The number of fused-ring (bicyclic) bond motifs is 1. The normalized spacial score (nSPS) is 22.1. The molecule has 2 fully saturated rings. The Balaban J connectivity index is 1.26. The average molecular weight is 520 g/mol. The second-order valence-electron chi connectivity index (χ2n) is 10.3. The number of ether oxygens (including phenoxy) is 2. The number of benzene rings is 1. The van der Waals surface area contributed by atoms with Crippen LogP contribution in [0.3, 0.4) is 0 Å². The van der Waals surface area contributed by atoms with Crippen LogP contribution in [0.25, 0.3) is 0 Å². The summed E-state index contributed by atoms with van der Waals surface area (Å²) >= 11 is 0. The highest BCUT2D eigenvalue weighted by Crippen LogP contribution is 2.29. The van der Waals surface area contributed by atoms with Crippen LogP contribution in [0.15, 0.2) is 30.3 Å². The van der Waals surface area contributed by atoms with Crippen molar-refractivity contribution in [1.29, 1.82) is 5.26 Å². The summed E-state index contributed by atoms with van der Waals surface area (Å²) in [4.78, 5) is 28.9. The van der Waals surface area contributed by atoms with E-state index in [0.717, 1.165) is 48.6 Å². The van der Waals surface area contributed by atoms with Gasteiger partial charge in [0.25, 0.3) is 0 Å². The van der Waals surface area contributed by atoms with Crippen LogP contribution in [0.5, 0.6) is 6.01 Å². The Bertz CT molecular complexity index is 1140. The summed E-state index contributed by atoms with van der Waals surface area (Å²) in [5, 5.41) is 13.0. The Morgan fingerprint density at radius 1 is 1.18 bits per heavy atom. The molecule has 2 atom stereocenters. The molecule has 0 radical (unpaired) electrons. The number of nitrogens with zero attached hydrogens (tertiary/aromatic N) is 6. The van der Waals surface area contributed by atoms with Crippen LogP contribution >= 0.6 is 0 Å². The molecule has 5 rings (SSSR count). The van der Waals surface area contributed by atoms with Gasteiger partial charge in [-0.2, -0.15) is 15.2 Å². The van der Waals surface area contributed by atoms with Gasteiger partial charge in [-0.3, -0.25) is 9.69 Å². The molecule has 1 aromatic heterocycles. The summed E-state index contributed by atoms with van der Waals surface area (Å²) in [7, 11) is 2.14. The van der Waals surface area contributed by atoms with Gasteiger partial charge in [0.2, 0.25) is 0 Å². The third-order valence-electron chi connectivity index (χ3n) is 7.78. The van der Waals surface area contributed by atoms with Crippen LogP contribution in [0.2, 0.25) is 0 Å². The summed E-state index contributed by atoms with van der Waals surface area (Å²) in [6, 6.07) is 12.7. The van der Waals surface area contributed by atoms with Crippen molar-refractivity contribution in [3.63, 3.8) is 0 Å². The van der Waals surface area contributed by atoms with Gasteiger partial charge < -0.3 is 24.6 Å². The molecular formula is C28H37N7O3. The number of likely N-dealkylation sites (tertiary alicyclic amines) is 1. The SMILES string of the molecule is CN1CCC[C@H]1COc1nc2c(c(N3CCN(CC(=O)OCc4ccccc4)[C@@H](CC#N)C3)n1)CCNC2. The van der Waals surface area contributed by atoms with Crippen molar-refractivity contribution in [3.05, 3.63) is 47.2 Å². The second-order valence-corrected chi connectivity index (χ2v) is 10.3. The molecule has 10 nitrogen and oxygen atoms in total.